The first-order valence-electron chi connectivity index (χ1n) is 16.0. The van der Waals surface area contributed by atoms with Crippen molar-refractivity contribution in [3.63, 3.8) is 0 Å². The highest BCUT2D eigenvalue weighted by molar-refractivity contribution is 5.97. The van der Waals surface area contributed by atoms with Gasteiger partial charge in [0.2, 0.25) is 11.8 Å². The molecule has 0 bridgehead atoms. The largest absolute Gasteiger partial charge is 0.384 e. The van der Waals surface area contributed by atoms with E-state index in [1.54, 1.807) is 33.2 Å². The molecule has 0 radical (unpaired) electrons. The van der Waals surface area contributed by atoms with Gasteiger partial charge < -0.3 is 25.0 Å². The van der Waals surface area contributed by atoms with E-state index in [2.05, 4.69) is 10.6 Å². The smallest absolute Gasteiger partial charge is 0.245 e. The molecule has 3 unspecified atom stereocenters. The second-order valence-electron chi connectivity index (χ2n) is 14.5. The monoisotopic (exact) mass is 613 g/mol. The number of rotatable bonds is 15. The van der Waals surface area contributed by atoms with Crippen LogP contribution in [-0.4, -0.2) is 82.2 Å². The lowest BCUT2D eigenvalue weighted by molar-refractivity contribution is -0.141. The number of likely N-dealkylation sites (N-methyl/N-ethyl adjacent to an activating group) is 2. The number of Topliss-reactive ketones (excluding diaryl/α,β-unsaturated/α-hetero) is 1. The molecule has 8 nitrogen and oxygen atoms in total. The van der Waals surface area contributed by atoms with E-state index >= 15 is 0 Å². The van der Waals surface area contributed by atoms with Gasteiger partial charge in [-0.3, -0.25) is 14.4 Å². The second kappa shape index (κ2) is 16.1. The molecule has 1 saturated carbocycles. The third kappa shape index (κ3) is 9.01. The summed E-state index contributed by atoms with van der Waals surface area (Å²) in [4.78, 5) is 43.6. The second-order valence-corrected chi connectivity index (χ2v) is 14.5. The first-order chi connectivity index (χ1) is 20.5. The molecule has 1 fully saturated rings. The number of amides is 2. The van der Waals surface area contributed by atoms with E-state index in [1.807, 2.05) is 91.8 Å². The Morgan fingerprint density at radius 1 is 0.955 bits per heavy atom. The number of benzene rings is 1. The fourth-order valence-electron chi connectivity index (χ4n) is 6.83. The number of carbonyl (C=O) groups is 3. The summed E-state index contributed by atoms with van der Waals surface area (Å²) in [5.41, 5.74) is 0.586. The van der Waals surface area contributed by atoms with Crippen LogP contribution in [0.3, 0.4) is 0 Å². The molecule has 1 aromatic rings. The van der Waals surface area contributed by atoms with Crippen molar-refractivity contribution in [1.82, 2.24) is 15.5 Å². The number of hydrogen-bond donors (Lipinski definition) is 2. The molecule has 2 N–H and O–H groups in total. The van der Waals surface area contributed by atoms with Gasteiger partial charge in [0.15, 0.2) is 5.78 Å². The molecule has 1 aromatic carbocycles. The van der Waals surface area contributed by atoms with Crippen LogP contribution in [-0.2, 0) is 29.3 Å². The lowest BCUT2D eigenvalue weighted by atomic mass is 9.76. The molecule has 0 spiro atoms. The number of methoxy groups -OCH3 is 2. The van der Waals surface area contributed by atoms with Gasteiger partial charge in [-0.15, -0.1) is 0 Å². The first-order valence-corrected chi connectivity index (χ1v) is 16.0. The summed E-state index contributed by atoms with van der Waals surface area (Å²) in [6.07, 6.45) is 3.80. The Hall–Kier alpha value is -2.55. The molecule has 0 aromatic heterocycles. The topological polar surface area (TPSA) is 97.0 Å². The average molecular weight is 614 g/mol. The fourth-order valence-corrected chi connectivity index (χ4v) is 6.83. The van der Waals surface area contributed by atoms with E-state index in [-0.39, 0.29) is 47.3 Å². The summed E-state index contributed by atoms with van der Waals surface area (Å²) in [6, 6.07) is 8.23. The van der Waals surface area contributed by atoms with Crippen LogP contribution >= 0.6 is 0 Å². The van der Waals surface area contributed by atoms with E-state index in [0.717, 1.165) is 18.4 Å². The zero-order valence-electron chi connectivity index (χ0n) is 29.3. The number of ether oxygens (including phenoxy) is 2. The number of allylic oxidation sites excluding steroid dienone is 1. The molecule has 2 amide bonds. The van der Waals surface area contributed by atoms with E-state index < -0.39 is 22.9 Å². The first kappa shape index (κ1) is 37.6. The Balaban J connectivity index is 2.36. The number of nitrogens with one attached hydrogen (secondary N) is 2. The van der Waals surface area contributed by atoms with Crippen molar-refractivity contribution in [3.8, 4) is 0 Å². The molecule has 8 heteroatoms. The predicted octanol–water partition coefficient (Wildman–Crippen LogP) is 5.02. The molecule has 0 aliphatic heterocycles. The van der Waals surface area contributed by atoms with Gasteiger partial charge in [-0.25, -0.2) is 0 Å². The lowest BCUT2D eigenvalue weighted by Crippen LogP contribution is -2.61. The van der Waals surface area contributed by atoms with Crippen molar-refractivity contribution >= 4 is 17.6 Å². The van der Waals surface area contributed by atoms with Gasteiger partial charge in [-0.05, 0) is 61.1 Å². The minimum absolute atomic E-state index is 0.0400. The Kier molecular flexibility index (Phi) is 13.8. The van der Waals surface area contributed by atoms with Gasteiger partial charge in [-0.1, -0.05) is 84.9 Å². The maximum Gasteiger partial charge on any atom is 0.245 e. The number of carbonyl (C=O) groups excluding carboxylic acids is 3. The highest BCUT2D eigenvalue weighted by atomic mass is 16.5. The molecule has 1 aliphatic carbocycles. The van der Waals surface area contributed by atoms with E-state index in [0.29, 0.717) is 18.8 Å². The van der Waals surface area contributed by atoms with Gasteiger partial charge in [0, 0.05) is 45.8 Å². The van der Waals surface area contributed by atoms with Gasteiger partial charge in [0.05, 0.1) is 12.1 Å². The molecular formula is C36H59N3O5. The van der Waals surface area contributed by atoms with Crippen LogP contribution < -0.4 is 10.6 Å². The lowest BCUT2D eigenvalue weighted by Gasteiger charge is -2.40. The molecule has 2 rings (SSSR count). The molecular weight excluding hydrogens is 554 g/mol. The zero-order valence-corrected chi connectivity index (χ0v) is 29.3. The third-order valence-electron chi connectivity index (χ3n) is 9.47. The van der Waals surface area contributed by atoms with Gasteiger partial charge in [0.1, 0.15) is 6.04 Å². The fraction of sp³-hybridized carbons (Fsp3) is 0.694. The molecule has 44 heavy (non-hydrogen) atoms. The summed E-state index contributed by atoms with van der Waals surface area (Å²) in [6.45, 7) is 17.0. The summed E-state index contributed by atoms with van der Waals surface area (Å²) in [5, 5.41) is 6.31. The number of hydrogen-bond acceptors (Lipinski definition) is 6. The van der Waals surface area contributed by atoms with Gasteiger partial charge in [0.25, 0.3) is 0 Å². The van der Waals surface area contributed by atoms with Crippen LogP contribution in [0.15, 0.2) is 42.0 Å². The van der Waals surface area contributed by atoms with Crippen LogP contribution in [0.4, 0.5) is 0 Å². The van der Waals surface area contributed by atoms with Gasteiger partial charge in [-0.2, -0.15) is 0 Å². The normalized spacial score (nSPS) is 21.6. The highest BCUT2D eigenvalue weighted by Crippen LogP contribution is 2.39. The van der Waals surface area contributed by atoms with Gasteiger partial charge >= 0.3 is 0 Å². The standard InChI is InChI=1S/C36H59N3O5/c1-23(2)28(20-24(3)30(40)29-25(21-43-11)18-19-26(29)22-44-12)39(10)34(42)32(35(4,5)6)38-33(41)31(37-9)36(7,8)27-16-14-13-15-17-27/h13-17,20,23,25-26,28-29,31-32,37H,18-19,21-22H2,1-12H3,(H,38,41)/b24-20+/t25-,26?,28+,29?,31+,32?/m0/s1. The summed E-state index contributed by atoms with van der Waals surface area (Å²) < 4.78 is 10.9. The van der Waals surface area contributed by atoms with Crippen molar-refractivity contribution in [2.75, 3.05) is 41.5 Å². The SMILES string of the molecule is CN[C@H](C(=O)NC(C(=O)N(C)[C@H](/C=C(\C)C(=O)C1C(COC)CC[C@H]1COC)C(C)C)C(C)(C)C)C(C)(C)c1ccccc1. The number of ketones is 1. The average Bonchev–Trinajstić information content (AvgIpc) is 3.35. The van der Waals surface area contributed by atoms with Crippen molar-refractivity contribution in [2.45, 2.75) is 91.8 Å². The minimum atomic E-state index is -0.778. The Bertz CT molecular complexity index is 1110. The quantitative estimate of drug-likeness (QED) is 0.270. The molecule has 0 saturated heterocycles. The van der Waals surface area contributed by atoms with Crippen LogP contribution in [0, 0.1) is 29.1 Å². The predicted molar refractivity (Wildman–Crippen MR) is 177 cm³/mol. The van der Waals surface area contributed by atoms with E-state index in [1.165, 1.54) is 0 Å². The zero-order chi connectivity index (χ0) is 33.4. The summed E-state index contributed by atoms with van der Waals surface area (Å²) >= 11 is 0. The maximum atomic E-state index is 14.2. The Morgan fingerprint density at radius 2 is 1.48 bits per heavy atom. The molecule has 248 valence electrons. The summed E-state index contributed by atoms with van der Waals surface area (Å²) in [7, 11) is 6.89. The van der Waals surface area contributed by atoms with Crippen LogP contribution in [0.25, 0.3) is 0 Å². The van der Waals surface area contributed by atoms with Crippen molar-refractivity contribution in [3.05, 3.63) is 47.5 Å². The van der Waals surface area contributed by atoms with Crippen LogP contribution in [0.5, 0.6) is 0 Å². The molecule has 1 aliphatic rings. The minimum Gasteiger partial charge on any atom is -0.384 e. The Labute approximate surface area is 266 Å². The highest BCUT2D eigenvalue weighted by Gasteiger charge is 2.43. The molecule has 6 atom stereocenters. The van der Waals surface area contributed by atoms with Crippen LogP contribution in [0.2, 0.25) is 0 Å². The Morgan fingerprint density at radius 3 is 1.91 bits per heavy atom. The maximum absolute atomic E-state index is 14.2. The van der Waals surface area contributed by atoms with Crippen molar-refractivity contribution in [2.24, 2.45) is 29.1 Å². The van der Waals surface area contributed by atoms with Crippen molar-refractivity contribution in [1.29, 1.82) is 0 Å². The number of nitrogens with zero attached hydrogens (tertiary/aromatic N) is 1. The van der Waals surface area contributed by atoms with E-state index in [9.17, 15) is 14.4 Å². The third-order valence-corrected chi connectivity index (χ3v) is 9.47. The van der Waals surface area contributed by atoms with Crippen molar-refractivity contribution < 1.29 is 23.9 Å². The summed E-state index contributed by atoms with van der Waals surface area (Å²) in [5.74, 6) is -0.170. The van der Waals surface area contributed by atoms with E-state index in [4.69, 9.17) is 9.47 Å². The van der Waals surface area contributed by atoms with Crippen LogP contribution in [0.1, 0.15) is 73.8 Å². The molecule has 0 heterocycles.